The third kappa shape index (κ3) is 2.82. The minimum absolute atomic E-state index is 0.509. The van der Waals surface area contributed by atoms with E-state index in [1.807, 2.05) is 6.92 Å². The molecule has 1 N–H and O–H groups in total. The highest BCUT2D eigenvalue weighted by Crippen LogP contribution is 2.43. The van der Waals surface area contributed by atoms with Gasteiger partial charge >= 0.3 is 0 Å². The molecule has 2 atom stereocenters. The molecule has 2 bridgehead atoms. The number of hydrogen-bond donors (Lipinski definition) is 1. The Hall–Kier alpha value is -1.12. The zero-order valence-electron chi connectivity index (χ0n) is 12.4. The molecule has 2 heteroatoms. The molecule has 3 rings (SSSR count). The van der Waals surface area contributed by atoms with Crippen molar-refractivity contribution in [3.05, 3.63) is 48.0 Å². The Morgan fingerprint density at radius 2 is 1.85 bits per heavy atom. The predicted octanol–water partition coefficient (Wildman–Crippen LogP) is 3.51. The van der Waals surface area contributed by atoms with Gasteiger partial charge in [-0.25, -0.2) is 0 Å². The molecule has 20 heavy (non-hydrogen) atoms. The van der Waals surface area contributed by atoms with Crippen molar-refractivity contribution in [2.24, 2.45) is 0 Å². The summed E-state index contributed by atoms with van der Waals surface area (Å²) in [7, 11) is 0. The van der Waals surface area contributed by atoms with E-state index < -0.39 is 5.60 Å². The van der Waals surface area contributed by atoms with Gasteiger partial charge in [0.1, 0.15) is 0 Å². The topological polar surface area (TPSA) is 23.5 Å². The molecule has 0 radical (unpaired) electrons. The second-order valence-corrected chi connectivity index (χ2v) is 6.81. The second kappa shape index (κ2) is 5.34. The van der Waals surface area contributed by atoms with Crippen molar-refractivity contribution in [3.8, 4) is 0 Å². The Bertz CT molecular complexity index is 467. The summed E-state index contributed by atoms with van der Waals surface area (Å²) in [5.74, 6) is 0. The van der Waals surface area contributed by atoms with Crippen LogP contribution in [-0.4, -0.2) is 27.7 Å². The van der Waals surface area contributed by atoms with Crippen LogP contribution in [0.3, 0.4) is 0 Å². The van der Waals surface area contributed by atoms with Crippen LogP contribution in [0.2, 0.25) is 0 Å². The number of benzene rings is 1. The van der Waals surface area contributed by atoms with E-state index in [0.29, 0.717) is 12.1 Å². The molecule has 1 aromatic carbocycles. The summed E-state index contributed by atoms with van der Waals surface area (Å²) in [5, 5.41) is 10.8. The van der Waals surface area contributed by atoms with Gasteiger partial charge in [0.15, 0.2) is 0 Å². The predicted molar refractivity (Wildman–Crippen MR) is 82.4 cm³/mol. The summed E-state index contributed by atoms with van der Waals surface area (Å²) in [4.78, 5) is 2.61. The van der Waals surface area contributed by atoms with Crippen LogP contribution in [0.25, 0.3) is 0 Å². The quantitative estimate of drug-likeness (QED) is 0.847. The van der Waals surface area contributed by atoms with Crippen LogP contribution in [0, 0.1) is 0 Å². The van der Waals surface area contributed by atoms with Gasteiger partial charge in [-0.15, -0.1) is 6.58 Å². The molecule has 0 saturated carbocycles. The third-order valence-corrected chi connectivity index (χ3v) is 4.84. The lowest BCUT2D eigenvalue weighted by Crippen LogP contribution is -2.50. The highest BCUT2D eigenvalue weighted by Gasteiger charge is 2.46. The highest BCUT2D eigenvalue weighted by molar-refractivity contribution is 5.16. The molecule has 0 aliphatic carbocycles. The van der Waals surface area contributed by atoms with Crippen molar-refractivity contribution in [1.82, 2.24) is 4.90 Å². The van der Waals surface area contributed by atoms with Gasteiger partial charge in [0.05, 0.1) is 5.60 Å². The van der Waals surface area contributed by atoms with Crippen molar-refractivity contribution in [2.45, 2.75) is 63.3 Å². The normalized spacial score (nSPS) is 33.3. The van der Waals surface area contributed by atoms with E-state index in [4.69, 9.17) is 0 Å². The molecule has 2 fully saturated rings. The Labute approximate surface area is 122 Å². The molecule has 2 heterocycles. The average Bonchev–Trinajstić information content (AvgIpc) is 2.64. The number of piperidine rings is 1. The maximum absolute atomic E-state index is 10.8. The Morgan fingerprint density at radius 3 is 2.40 bits per heavy atom. The number of nitrogens with zero attached hydrogens (tertiary/aromatic N) is 1. The van der Waals surface area contributed by atoms with Crippen molar-refractivity contribution < 1.29 is 5.11 Å². The van der Waals surface area contributed by atoms with E-state index in [9.17, 15) is 5.11 Å². The fraction of sp³-hybridized carbons (Fsp3) is 0.556. The van der Waals surface area contributed by atoms with Gasteiger partial charge in [-0.2, -0.15) is 0 Å². The lowest BCUT2D eigenvalue weighted by atomic mass is 9.81. The van der Waals surface area contributed by atoms with Crippen molar-refractivity contribution in [3.63, 3.8) is 0 Å². The fourth-order valence-corrected chi connectivity index (χ4v) is 4.17. The molecular weight excluding hydrogens is 246 g/mol. The largest absolute Gasteiger partial charge is 0.389 e. The summed E-state index contributed by atoms with van der Waals surface area (Å²) in [6.07, 6.45) is 5.04. The first-order chi connectivity index (χ1) is 9.56. The molecule has 0 spiro atoms. The summed E-state index contributed by atoms with van der Waals surface area (Å²) < 4.78 is 0. The van der Waals surface area contributed by atoms with Crippen molar-refractivity contribution in [2.75, 3.05) is 0 Å². The van der Waals surface area contributed by atoms with Crippen LogP contribution in [0.15, 0.2) is 42.5 Å². The van der Waals surface area contributed by atoms with Gasteiger partial charge in [-0.05, 0) is 44.6 Å². The van der Waals surface area contributed by atoms with Crippen LogP contribution in [-0.2, 0) is 6.54 Å². The minimum Gasteiger partial charge on any atom is -0.389 e. The Morgan fingerprint density at radius 1 is 1.25 bits per heavy atom. The number of fused-ring (bicyclic) bond motifs is 2. The first kappa shape index (κ1) is 13.8. The molecule has 2 nitrogen and oxygen atoms in total. The highest BCUT2D eigenvalue weighted by atomic mass is 16.3. The smallest absolute Gasteiger partial charge is 0.0714 e. The van der Waals surface area contributed by atoms with Crippen LogP contribution in [0.5, 0.6) is 0 Å². The van der Waals surface area contributed by atoms with Crippen molar-refractivity contribution in [1.29, 1.82) is 0 Å². The molecule has 108 valence electrons. The van der Waals surface area contributed by atoms with Gasteiger partial charge in [0, 0.05) is 18.6 Å². The number of rotatable bonds is 4. The van der Waals surface area contributed by atoms with E-state index in [1.165, 1.54) is 18.4 Å². The van der Waals surface area contributed by atoms with Crippen molar-refractivity contribution >= 4 is 0 Å². The van der Waals surface area contributed by atoms with Gasteiger partial charge in [-0.1, -0.05) is 35.9 Å². The Kier molecular flexibility index (Phi) is 3.70. The molecule has 2 aliphatic heterocycles. The summed E-state index contributed by atoms with van der Waals surface area (Å²) in [6, 6.07) is 11.8. The molecule has 0 amide bonds. The maximum atomic E-state index is 10.8. The average molecular weight is 271 g/mol. The molecule has 2 aliphatic rings. The monoisotopic (exact) mass is 271 g/mol. The van der Waals surface area contributed by atoms with Crippen LogP contribution >= 0.6 is 0 Å². The van der Waals surface area contributed by atoms with Gasteiger partial charge in [-0.3, -0.25) is 4.90 Å². The molecule has 0 aromatic heterocycles. The summed E-state index contributed by atoms with van der Waals surface area (Å²) in [6.45, 7) is 7.03. The zero-order chi connectivity index (χ0) is 14.2. The fourth-order valence-electron chi connectivity index (χ4n) is 4.17. The molecule has 2 saturated heterocycles. The Balaban J connectivity index is 1.70. The van der Waals surface area contributed by atoms with E-state index in [0.717, 1.165) is 31.4 Å². The van der Waals surface area contributed by atoms with E-state index >= 15 is 0 Å². The lowest BCUT2D eigenvalue weighted by Gasteiger charge is -2.44. The second-order valence-electron chi connectivity index (χ2n) is 6.81. The standard InChI is InChI=1S/C18H25NO/c1-14(2)10-18(20)11-16-8-9-17(12-18)19(16)13-15-6-4-3-5-7-15/h3-7,16-17,20H,1,8-13H2,2H3. The minimum atomic E-state index is -0.509. The maximum Gasteiger partial charge on any atom is 0.0714 e. The SMILES string of the molecule is C=C(C)CC1(O)CC2CCC(C1)N2Cc1ccccc1. The van der Waals surface area contributed by atoms with Crippen LogP contribution < -0.4 is 0 Å². The number of hydrogen-bond acceptors (Lipinski definition) is 2. The van der Waals surface area contributed by atoms with E-state index in [1.54, 1.807) is 0 Å². The summed E-state index contributed by atoms with van der Waals surface area (Å²) >= 11 is 0. The first-order valence-corrected chi connectivity index (χ1v) is 7.72. The van der Waals surface area contributed by atoms with Gasteiger partial charge in [0.2, 0.25) is 0 Å². The first-order valence-electron chi connectivity index (χ1n) is 7.72. The van der Waals surface area contributed by atoms with Gasteiger partial charge in [0.25, 0.3) is 0 Å². The number of aliphatic hydroxyl groups is 1. The van der Waals surface area contributed by atoms with Crippen LogP contribution in [0.1, 0.15) is 44.6 Å². The van der Waals surface area contributed by atoms with E-state index in [2.05, 4.69) is 41.8 Å². The molecule has 1 aromatic rings. The van der Waals surface area contributed by atoms with Gasteiger partial charge < -0.3 is 5.11 Å². The zero-order valence-corrected chi connectivity index (χ0v) is 12.4. The molecule has 2 unspecified atom stereocenters. The molecular formula is C18H25NO. The summed E-state index contributed by atoms with van der Waals surface area (Å²) in [5.41, 5.74) is 1.98. The van der Waals surface area contributed by atoms with Crippen LogP contribution in [0.4, 0.5) is 0 Å². The van der Waals surface area contributed by atoms with E-state index in [-0.39, 0.29) is 0 Å². The third-order valence-electron chi connectivity index (χ3n) is 4.84. The lowest BCUT2D eigenvalue weighted by molar-refractivity contribution is -0.0538.